The van der Waals surface area contributed by atoms with Gasteiger partial charge in [-0.1, -0.05) is 12.1 Å². The van der Waals surface area contributed by atoms with Crippen LogP contribution >= 0.6 is 0 Å². The van der Waals surface area contributed by atoms with Crippen molar-refractivity contribution in [1.29, 1.82) is 0 Å². The summed E-state index contributed by atoms with van der Waals surface area (Å²) in [5.74, 6) is -1.85. The molecule has 128 valence electrons. The van der Waals surface area contributed by atoms with E-state index in [1.165, 1.54) is 30.6 Å². The fraction of sp³-hybridized carbons (Fsp3) is 0.125. The molecule has 0 saturated heterocycles. The van der Waals surface area contributed by atoms with Crippen LogP contribution < -0.4 is 5.32 Å². The van der Waals surface area contributed by atoms with E-state index in [4.69, 9.17) is 5.11 Å². The largest absolute Gasteiger partial charge is 0.480 e. The minimum atomic E-state index is -1.05. The van der Waals surface area contributed by atoms with Crippen LogP contribution in [0.3, 0.4) is 0 Å². The molecule has 1 aromatic carbocycles. The number of aromatic nitrogens is 4. The standard InChI is InChI=1S/C16H14FN5O3/c17-12-3-1-2-11(6-12)8-22-9-13(7-18-22)19-16(25)14-4-5-21(20-14)10-15(23)24/h1-7,9H,8,10H2,(H,19,25)(H,23,24). The van der Waals surface area contributed by atoms with Crippen molar-refractivity contribution < 1.29 is 19.1 Å². The molecule has 25 heavy (non-hydrogen) atoms. The van der Waals surface area contributed by atoms with Gasteiger partial charge in [0.05, 0.1) is 18.4 Å². The van der Waals surface area contributed by atoms with Gasteiger partial charge in [0.1, 0.15) is 12.4 Å². The zero-order chi connectivity index (χ0) is 17.8. The Labute approximate surface area is 141 Å². The summed E-state index contributed by atoms with van der Waals surface area (Å²) in [6, 6.07) is 7.59. The number of hydrogen-bond donors (Lipinski definition) is 2. The minimum absolute atomic E-state index is 0.0964. The number of nitrogens with one attached hydrogen (secondary N) is 1. The summed E-state index contributed by atoms with van der Waals surface area (Å²) < 4.78 is 15.9. The molecule has 0 unspecified atom stereocenters. The molecule has 2 heterocycles. The average molecular weight is 343 g/mol. The van der Waals surface area contributed by atoms with E-state index in [1.54, 1.807) is 23.0 Å². The molecule has 0 radical (unpaired) electrons. The Bertz CT molecular complexity index is 918. The lowest BCUT2D eigenvalue weighted by Gasteiger charge is -2.02. The number of rotatable bonds is 6. The van der Waals surface area contributed by atoms with E-state index in [1.807, 2.05) is 0 Å². The predicted octanol–water partition coefficient (Wildman–Crippen LogP) is 1.60. The molecule has 0 aliphatic heterocycles. The molecule has 2 aromatic heterocycles. The maximum atomic E-state index is 13.2. The molecular formula is C16H14FN5O3. The fourth-order valence-corrected chi connectivity index (χ4v) is 2.24. The van der Waals surface area contributed by atoms with Gasteiger partial charge in [0.2, 0.25) is 0 Å². The number of benzene rings is 1. The lowest BCUT2D eigenvalue weighted by atomic mass is 10.2. The van der Waals surface area contributed by atoms with E-state index in [-0.39, 0.29) is 18.1 Å². The first kappa shape index (κ1) is 16.4. The van der Waals surface area contributed by atoms with Crippen LogP contribution in [-0.4, -0.2) is 36.5 Å². The highest BCUT2D eigenvalue weighted by Crippen LogP contribution is 2.10. The number of carbonyl (C=O) groups excluding carboxylic acids is 1. The van der Waals surface area contributed by atoms with E-state index in [0.717, 1.165) is 10.2 Å². The lowest BCUT2D eigenvalue weighted by Crippen LogP contribution is -2.14. The summed E-state index contributed by atoms with van der Waals surface area (Å²) in [4.78, 5) is 22.7. The highest BCUT2D eigenvalue weighted by Gasteiger charge is 2.12. The molecule has 0 aliphatic carbocycles. The number of carboxylic acids is 1. The molecule has 8 nitrogen and oxygen atoms in total. The van der Waals surface area contributed by atoms with Crippen molar-refractivity contribution in [3.63, 3.8) is 0 Å². The second-order valence-electron chi connectivity index (χ2n) is 5.30. The highest BCUT2D eigenvalue weighted by atomic mass is 19.1. The topological polar surface area (TPSA) is 102 Å². The van der Waals surface area contributed by atoms with Gasteiger partial charge in [0.25, 0.3) is 5.91 Å². The van der Waals surface area contributed by atoms with Gasteiger partial charge in [-0.25, -0.2) is 4.39 Å². The number of carboxylic acid groups (broad SMARTS) is 1. The van der Waals surface area contributed by atoms with Crippen molar-refractivity contribution in [3.8, 4) is 0 Å². The molecule has 0 saturated carbocycles. The summed E-state index contributed by atoms with van der Waals surface area (Å²) >= 11 is 0. The molecule has 9 heteroatoms. The molecule has 0 aliphatic rings. The van der Waals surface area contributed by atoms with E-state index < -0.39 is 11.9 Å². The smallest absolute Gasteiger partial charge is 0.325 e. The van der Waals surface area contributed by atoms with Crippen molar-refractivity contribution in [2.24, 2.45) is 0 Å². The number of halogens is 1. The molecule has 2 N–H and O–H groups in total. The van der Waals surface area contributed by atoms with Gasteiger partial charge in [0, 0.05) is 12.4 Å². The number of amides is 1. The van der Waals surface area contributed by atoms with Gasteiger partial charge < -0.3 is 10.4 Å². The van der Waals surface area contributed by atoms with Crippen LogP contribution in [0.1, 0.15) is 16.1 Å². The predicted molar refractivity (Wildman–Crippen MR) is 85.5 cm³/mol. The van der Waals surface area contributed by atoms with Crippen LogP contribution in [0.4, 0.5) is 10.1 Å². The monoisotopic (exact) mass is 343 g/mol. The van der Waals surface area contributed by atoms with Crippen molar-refractivity contribution in [2.75, 3.05) is 5.32 Å². The van der Waals surface area contributed by atoms with Gasteiger partial charge in [-0.05, 0) is 23.8 Å². The van der Waals surface area contributed by atoms with E-state index in [2.05, 4.69) is 15.5 Å². The Morgan fingerprint density at radius 2 is 2.08 bits per heavy atom. The van der Waals surface area contributed by atoms with Gasteiger partial charge in [-0.2, -0.15) is 10.2 Å². The first-order chi connectivity index (χ1) is 12.0. The van der Waals surface area contributed by atoms with Crippen LogP contribution in [0.2, 0.25) is 0 Å². The molecule has 3 aromatic rings. The third-order valence-corrected chi connectivity index (χ3v) is 3.30. The van der Waals surface area contributed by atoms with E-state index in [0.29, 0.717) is 12.2 Å². The van der Waals surface area contributed by atoms with Crippen LogP contribution in [0.5, 0.6) is 0 Å². The lowest BCUT2D eigenvalue weighted by molar-refractivity contribution is -0.137. The second-order valence-corrected chi connectivity index (χ2v) is 5.30. The summed E-state index contributed by atoms with van der Waals surface area (Å²) in [5, 5.41) is 19.3. The Morgan fingerprint density at radius 1 is 1.24 bits per heavy atom. The number of hydrogen-bond acceptors (Lipinski definition) is 4. The summed E-state index contributed by atoms with van der Waals surface area (Å²) in [6.07, 6.45) is 4.49. The third kappa shape index (κ3) is 4.28. The van der Waals surface area contributed by atoms with Gasteiger partial charge in [-0.3, -0.25) is 19.0 Å². The van der Waals surface area contributed by atoms with Gasteiger partial charge >= 0.3 is 5.97 Å². The fourth-order valence-electron chi connectivity index (χ4n) is 2.24. The maximum Gasteiger partial charge on any atom is 0.325 e. The van der Waals surface area contributed by atoms with Gasteiger partial charge in [0.15, 0.2) is 5.69 Å². The number of carbonyl (C=O) groups is 2. The molecule has 0 fully saturated rings. The first-order valence-corrected chi connectivity index (χ1v) is 7.33. The zero-order valence-corrected chi connectivity index (χ0v) is 13.0. The molecule has 0 spiro atoms. The average Bonchev–Trinajstić information content (AvgIpc) is 3.16. The number of nitrogens with zero attached hydrogens (tertiary/aromatic N) is 4. The Hall–Kier alpha value is -3.49. The maximum absolute atomic E-state index is 13.2. The minimum Gasteiger partial charge on any atom is -0.480 e. The van der Waals surface area contributed by atoms with E-state index >= 15 is 0 Å². The quantitative estimate of drug-likeness (QED) is 0.708. The third-order valence-electron chi connectivity index (χ3n) is 3.30. The molecular weight excluding hydrogens is 329 g/mol. The van der Waals surface area contributed by atoms with Crippen LogP contribution in [0.25, 0.3) is 0 Å². The van der Waals surface area contributed by atoms with Crippen molar-refractivity contribution in [3.05, 3.63) is 66.0 Å². The van der Waals surface area contributed by atoms with Gasteiger partial charge in [-0.15, -0.1) is 0 Å². The second kappa shape index (κ2) is 6.95. The van der Waals surface area contributed by atoms with Crippen molar-refractivity contribution in [1.82, 2.24) is 19.6 Å². The Morgan fingerprint density at radius 3 is 2.84 bits per heavy atom. The first-order valence-electron chi connectivity index (χ1n) is 7.33. The molecule has 0 atom stereocenters. The number of anilines is 1. The summed E-state index contributed by atoms with van der Waals surface area (Å²) in [6.45, 7) is 0.0414. The highest BCUT2D eigenvalue weighted by molar-refractivity contribution is 6.02. The molecule has 3 rings (SSSR count). The van der Waals surface area contributed by atoms with Crippen LogP contribution in [0.15, 0.2) is 48.9 Å². The normalized spacial score (nSPS) is 10.6. The van der Waals surface area contributed by atoms with Crippen molar-refractivity contribution in [2.45, 2.75) is 13.1 Å². The van der Waals surface area contributed by atoms with Crippen LogP contribution in [-0.2, 0) is 17.9 Å². The summed E-state index contributed by atoms with van der Waals surface area (Å²) in [5.41, 5.74) is 1.29. The Kier molecular flexibility index (Phi) is 4.55. The van der Waals surface area contributed by atoms with Crippen molar-refractivity contribution >= 4 is 17.6 Å². The number of aliphatic carboxylic acids is 1. The molecule has 0 bridgehead atoms. The zero-order valence-electron chi connectivity index (χ0n) is 13.0. The Balaban J connectivity index is 1.63. The van der Waals surface area contributed by atoms with E-state index in [9.17, 15) is 14.0 Å². The SMILES string of the molecule is O=C(O)Cn1ccc(C(=O)Nc2cnn(Cc3cccc(F)c3)c2)n1. The summed E-state index contributed by atoms with van der Waals surface area (Å²) in [7, 11) is 0. The molecule has 1 amide bonds. The van der Waals surface area contributed by atoms with Crippen LogP contribution in [0, 0.1) is 5.82 Å².